The molecule has 0 spiro atoms. The fourth-order valence-electron chi connectivity index (χ4n) is 3.60. The van der Waals surface area contributed by atoms with Gasteiger partial charge in [-0.05, 0) is 48.6 Å². The lowest BCUT2D eigenvalue weighted by Gasteiger charge is -2.28. The van der Waals surface area contributed by atoms with E-state index >= 15 is 0 Å². The molecular formula is C19H30. The lowest BCUT2D eigenvalue weighted by atomic mass is 9.78. The molecule has 0 heteroatoms. The van der Waals surface area contributed by atoms with Crippen molar-refractivity contribution in [3.05, 3.63) is 35.4 Å². The summed E-state index contributed by atoms with van der Waals surface area (Å²) >= 11 is 0. The molecule has 106 valence electrons. The van der Waals surface area contributed by atoms with Crippen LogP contribution in [0.4, 0.5) is 0 Å². The van der Waals surface area contributed by atoms with E-state index in [1.807, 2.05) is 0 Å². The van der Waals surface area contributed by atoms with E-state index in [2.05, 4.69) is 38.1 Å². The summed E-state index contributed by atoms with van der Waals surface area (Å²) < 4.78 is 0. The van der Waals surface area contributed by atoms with Gasteiger partial charge in [-0.1, -0.05) is 70.2 Å². The van der Waals surface area contributed by atoms with Crippen LogP contribution in [0.3, 0.4) is 0 Å². The molecule has 19 heavy (non-hydrogen) atoms. The van der Waals surface area contributed by atoms with E-state index in [0.717, 1.165) is 11.8 Å². The Morgan fingerprint density at radius 2 is 1.37 bits per heavy atom. The summed E-state index contributed by atoms with van der Waals surface area (Å²) in [5.41, 5.74) is 3.05. The topological polar surface area (TPSA) is 0 Å². The van der Waals surface area contributed by atoms with E-state index in [4.69, 9.17) is 0 Å². The molecule has 2 rings (SSSR count). The molecule has 0 aliphatic heterocycles. The maximum Gasteiger partial charge on any atom is -0.0250 e. The first-order valence-electron chi connectivity index (χ1n) is 8.39. The van der Waals surface area contributed by atoms with Crippen molar-refractivity contribution >= 4 is 0 Å². The van der Waals surface area contributed by atoms with E-state index in [1.165, 1.54) is 63.4 Å². The summed E-state index contributed by atoms with van der Waals surface area (Å²) in [5.74, 6) is 1.98. The molecule has 1 aliphatic rings. The molecule has 0 amide bonds. The minimum atomic E-state index is 0.949. The lowest BCUT2D eigenvalue weighted by Crippen LogP contribution is -2.16. The number of aryl methyl sites for hydroxylation is 1. The van der Waals surface area contributed by atoms with Gasteiger partial charge in [0, 0.05) is 0 Å². The van der Waals surface area contributed by atoms with Crippen molar-refractivity contribution in [1.29, 1.82) is 0 Å². The zero-order valence-corrected chi connectivity index (χ0v) is 12.8. The Kier molecular flexibility index (Phi) is 5.94. The normalized spacial score (nSPS) is 23.5. The van der Waals surface area contributed by atoms with Crippen LogP contribution < -0.4 is 0 Å². The van der Waals surface area contributed by atoms with Crippen LogP contribution in [-0.2, 0) is 12.8 Å². The van der Waals surface area contributed by atoms with E-state index < -0.39 is 0 Å². The van der Waals surface area contributed by atoms with Crippen LogP contribution in [-0.4, -0.2) is 0 Å². The Morgan fingerprint density at radius 3 is 1.95 bits per heavy atom. The summed E-state index contributed by atoms with van der Waals surface area (Å²) in [7, 11) is 0. The van der Waals surface area contributed by atoms with Crippen molar-refractivity contribution in [2.45, 2.75) is 71.6 Å². The van der Waals surface area contributed by atoms with Gasteiger partial charge in [0.25, 0.3) is 0 Å². The average molecular weight is 258 g/mol. The Labute approximate surface area is 119 Å². The fourth-order valence-corrected chi connectivity index (χ4v) is 3.60. The highest BCUT2D eigenvalue weighted by Crippen LogP contribution is 2.33. The Hall–Kier alpha value is -0.780. The maximum absolute atomic E-state index is 2.36. The fraction of sp³-hybridized carbons (Fsp3) is 0.684. The largest absolute Gasteiger partial charge is 0.0654 e. The highest BCUT2D eigenvalue weighted by atomic mass is 14.3. The maximum atomic E-state index is 2.36. The van der Waals surface area contributed by atoms with Crippen LogP contribution in [0.25, 0.3) is 0 Å². The molecule has 0 bridgehead atoms. The van der Waals surface area contributed by atoms with Crippen molar-refractivity contribution in [1.82, 2.24) is 0 Å². The Balaban J connectivity index is 1.78. The van der Waals surface area contributed by atoms with Gasteiger partial charge in [0.05, 0.1) is 0 Å². The second kappa shape index (κ2) is 7.72. The molecule has 1 saturated carbocycles. The molecule has 1 aromatic carbocycles. The quantitative estimate of drug-likeness (QED) is 0.606. The Morgan fingerprint density at radius 1 is 0.789 bits per heavy atom. The third-order valence-electron chi connectivity index (χ3n) is 4.75. The Bertz CT molecular complexity index is 341. The van der Waals surface area contributed by atoms with Crippen molar-refractivity contribution < 1.29 is 0 Å². The second-order valence-corrected chi connectivity index (χ2v) is 6.45. The van der Waals surface area contributed by atoms with E-state index in [9.17, 15) is 0 Å². The molecule has 0 aromatic heterocycles. The highest BCUT2D eigenvalue weighted by molar-refractivity contribution is 5.23. The number of hydrogen-bond acceptors (Lipinski definition) is 0. The summed E-state index contributed by atoms with van der Waals surface area (Å²) in [4.78, 5) is 0. The molecule has 0 N–H and O–H groups in total. The van der Waals surface area contributed by atoms with E-state index in [-0.39, 0.29) is 0 Å². The zero-order valence-electron chi connectivity index (χ0n) is 12.8. The summed E-state index contributed by atoms with van der Waals surface area (Å²) in [6.07, 6.45) is 12.5. The first-order chi connectivity index (χ1) is 9.31. The van der Waals surface area contributed by atoms with Crippen molar-refractivity contribution in [2.24, 2.45) is 11.8 Å². The molecule has 1 aromatic rings. The van der Waals surface area contributed by atoms with Crippen molar-refractivity contribution in [3.63, 3.8) is 0 Å². The summed E-state index contributed by atoms with van der Waals surface area (Å²) in [6, 6.07) is 9.40. The third-order valence-corrected chi connectivity index (χ3v) is 4.75. The van der Waals surface area contributed by atoms with Gasteiger partial charge in [0.2, 0.25) is 0 Å². The zero-order chi connectivity index (χ0) is 13.5. The molecular weight excluding hydrogens is 228 g/mol. The van der Waals surface area contributed by atoms with Crippen LogP contribution in [0.1, 0.15) is 69.9 Å². The third kappa shape index (κ3) is 4.67. The lowest BCUT2D eigenvalue weighted by molar-refractivity contribution is 0.261. The molecule has 0 heterocycles. The van der Waals surface area contributed by atoms with Crippen LogP contribution >= 0.6 is 0 Å². The standard InChI is InChI=1S/C19H30/c1-3-5-16-7-11-18(12-8-16)15-19-13-9-17(6-4-2)10-14-19/h7-8,11-12,17,19H,3-6,9-10,13-15H2,1-2H3. The number of benzene rings is 1. The van der Waals surface area contributed by atoms with Crippen LogP contribution in [0, 0.1) is 11.8 Å². The van der Waals surface area contributed by atoms with Gasteiger partial charge >= 0.3 is 0 Å². The second-order valence-electron chi connectivity index (χ2n) is 6.45. The van der Waals surface area contributed by atoms with Crippen molar-refractivity contribution in [3.8, 4) is 0 Å². The molecule has 0 unspecified atom stereocenters. The molecule has 0 nitrogen and oxygen atoms in total. The van der Waals surface area contributed by atoms with Crippen LogP contribution in [0.5, 0.6) is 0 Å². The number of rotatable bonds is 6. The van der Waals surface area contributed by atoms with Gasteiger partial charge in [-0.3, -0.25) is 0 Å². The van der Waals surface area contributed by atoms with Crippen LogP contribution in [0.2, 0.25) is 0 Å². The van der Waals surface area contributed by atoms with Gasteiger partial charge in [0.15, 0.2) is 0 Å². The van der Waals surface area contributed by atoms with Crippen LogP contribution in [0.15, 0.2) is 24.3 Å². The monoisotopic (exact) mass is 258 g/mol. The van der Waals surface area contributed by atoms with Gasteiger partial charge < -0.3 is 0 Å². The predicted octanol–water partition coefficient (Wildman–Crippen LogP) is 5.79. The minimum absolute atomic E-state index is 0.949. The predicted molar refractivity (Wildman–Crippen MR) is 84.5 cm³/mol. The molecule has 1 aliphatic carbocycles. The van der Waals surface area contributed by atoms with E-state index in [1.54, 1.807) is 5.56 Å². The van der Waals surface area contributed by atoms with Gasteiger partial charge in [0.1, 0.15) is 0 Å². The summed E-state index contributed by atoms with van der Waals surface area (Å²) in [5, 5.41) is 0. The first-order valence-corrected chi connectivity index (χ1v) is 8.39. The van der Waals surface area contributed by atoms with Gasteiger partial charge in [-0.2, -0.15) is 0 Å². The van der Waals surface area contributed by atoms with Crippen molar-refractivity contribution in [2.75, 3.05) is 0 Å². The smallest absolute Gasteiger partial charge is 0.0250 e. The number of hydrogen-bond donors (Lipinski definition) is 0. The summed E-state index contributed by atoms with van der Waals surface area (Å²) in [6.45, 7) is 4.58. The first kappa shape index (κ1) is 14.6. The van der Waals surface area contributed by atoms with Gasteiger partial charge in [-0.15, -0.1) is 0 Å². The SMILES string of the molecule is CCCc1ccc(CC2CCC(CCC)CC2)cc1. The molecule has 0 radical (unpaired) electrons. The molecule has 0 saturated heterocycles. The molecule has 0 atom stereocenters. The molecule has 1 fully saturated rings. The van der Waals surface area contributed by atoms with Gasteiger partial charge in [-0.25, -0.2) is 0 Å². The average Bonchev–Trinajstić information content (AvgIpc) is 2.44. The van der Waals surface area contributed by atoms with E-state index in [0.29, 0.717) is 0 Å². The highest BCUT2D eigenvalue weighted by Gasteiger charge is 2.20. The minimum Gasteiger partial charge on any atom is -0.0654 e.